The maximum atomic E-state index is 6.48. The number of pyridine rings is 4. The van der Waals surface area contributed by atoms with Crippen LogP contribution in [0.1, 0.15) is 0 Å². The van der Waals surface area contributed by atoms with Crippen molar-refractivity contribution in [3.8, 4) is 79.3 Å². The molecule has 0 saturated heterocycles. The van der Waals surface area contributed by atoms with E-state index in [9.17, 15) is 0 Å². The minimum atomic E-state index is 0.435. The van der Waals surface area contributed by atoms with Gasteiger partial charge in [0.1, 0.15) is 5.52 Å². The molecule has 0 spiro atoms. The van der Waals surface area contributed by atoms with Gasteiger partial charge in [-0.1, -0.05) is 109 Å². The lowest BCUT2D eigenvalue weighted by molar-refractivity contribution is 0.620. The van der Waals surface area contributed by atoms with Gasteiger partial charge in [0.05, 0.1) is 44.8 Å². The van der Waals surface area contributed by atoms with Crippen molar-refractivity contribution >= 4 is 54.7 Å². The second-order valence-corrected chi connectivity index (χ2v) is 16.2. The summed E-state index contributed by atoms with van der Waals surface area (Å²) < 4.78 is 6.48. The molecule has 0 bridgehead atoms. The van der Waals surface area contributed by atoms with E-state index < -0.39 is 0 Å². The minimum Gasteiger partial charge on any atom is -0.436 e. The lowest BCUT2D eigenvalue weighted by Gasteiger charge is -2.14. The molecule has 6 aromatic carbocycles. The minimum absolute atomic E-state index is 0.435. The normalized spacial score (nSPS) is 11.6. The van der Waals surface area contributed by atoms with Crippen LogP contribution in [-0.2, 0) is 0 Å². The molecule has 0 fully saturated rings. The fourth-order valence-corrected chi connectivity index (χ4v) is 8.95. The molecule has 0 aliphatic rings. The largest absolute Gasteiger partial charge is 0.436 e. The Balaban J connectivity index is 1.09. The maximum Gasteiger partial charge on any atom is 0.227 e. The van der Waals surface area contributed by atoms with Gasteiger partial charge in [0.15, 0.2) is 17.2 Å². The summed E-state index contributed by atoms with van der Waals surface area (Å²) in [5.74, 6) is 1.38. The second kappa shape index (κ2) is 15.7. The monoisotopic (exact) mass is 859 g/mol. The molecule has 0 unspecified atom stereocenters. The average Bonchev–Trinajstić information content (AvgIpc) is 3.85. The maximum absolute atomic E-state index is 6.48. The van der Waals surface area contributed by atoms with Gasteiger partial charge in [0.2, 0.25) is 5.89 Å². The van der Waals surface area contributed by atoms with Crippen molar-refractivity contribution in [1.82, 2.24) is 44.9 Å². The standard InChI is InChI=1S/C57H33N9O/c1-2-24-50-45(23-1)66-57(67-50)40-30-38(55-62-46(41-19-3-11-34-15-7-25-58-51(34)41)32-47(63-55)42-20-4-12-35-16-8-26-59-52(35)42)29-39(31-40)56-64-48(43-21-5-13-36-17-9-27-60-53(36)43)33-49(65-56)44-22-6-14-37-18-10-28-61-54(37)44/h1-33H. The zero-order chi connectivity index (χ0) is 44.3. The van der Waals surface area contributed by atoms with E-state index in [0.717, 1.165) is 71.4 Å². The lowest BCUT2D eigenvalue weighted by atomic mass is 10.00. The summed E-state index contributed by atoms with van der Waals surface area (Å²) in [7, 11) is 0. The van der Waals surface area contributed by atoms with Crippen LogP contribution in [0.25, 0.3) is 134 Å². The first kappa shape index (κ1) is 38.1. The smallest absolute Gasteiger partial charge is 0.227 e. The number of benzene rings is 6. The number of fused-ring (bicyclic) bond motifs is 5. The fourth-order valence-electron chi connectivity index (χ4n) is 8.95. The zero-order valence-corrected chi connectivity index (χ0v) is 35.5. The van der Waals surface area contributed by atoms with E-state index in [4.69, 9.17) is 49.3 Å². The van der Waals surface area contributed by atoms with Gasteiger partial charge < -0.3 is 4.42 Å². The Morgan fingerprint density at radius 2 is 0.657 bits per heavy atom. The number of rotatable bonds is 7. The van der Waals surface area contributed by atoms with Crippen LogP contribution < -0.4 is 0 Å². The Hall–Kier alpha value is -9.41. The van der Waals surface area contributed by atoms with E-state index in [2.05, 4.69) is 72.8 Å². The van der Waals surface area contributed by atoms with Crippen LogP contribution in [0.4, 0.5) is 0 Å². The molecule has 13 aromatic rings. The van der Waals surface area contributed by atoms with Crippen molar-refractivity contribution in [1.29, 1.82) is 0 Å². The van der Waals surface area contributed by atoms with Gasteiger partial charge in [-0.05, 0) is 66.7 Å². The summed E-state index contributed by atoms with van der Waals surface area (Å²) in [5, 5.41) is 4.02. The Kier molecular flexibility index (Phi) is 8.92. The first-order valence-corrected chi connectivity index (χ1v) is 21.8. The van der Waals surface area contributed by atoms with Gasteiger partial charge in [0.25, 0.3) is 0 Å². The lowest BCUT2D eigenvalue weighted by Crippen LogP contribution is -2.00. The molecule has 0 N–H and O–H groups in total. The molecule has 0 aliphatic heterocycles. The van der Waals surface area contributed by atoms with Gasteiger partial charge in [-0.15, -0.1) is 0 Å². The molecular weight excluding hydrogens is 827 g/mol. The topological polar surface area (TPSA) is 129 Å². The van der Waals surface area contributed by atoms with E-state index >= 15 is 0 Å². The molecule has 0 radical (unpaired) electrons. The molecule has 67 heavy (non-hydrogen) atoms. The van der Waals surface area contributed by atoms with Gasteiger partial charge in [-0.25, -0.2) is 24.9 Å². The van der Waals surface area contributed by atoms with Crippen LogP contribution in [0.3, 0.4) is 0 Å². The summed E-state index contributed by atoms with van der Waals surface area (Å²) in [5.41, 5.74) is 13.2. The Labute approximate surface area is 382 Å². The van der Waals surface area contributed by atoms with Gasteiger partial charge >= 0.3 is 0 Å². The van der Waals surface area contributed by atoms with Crippen molar-refractivity contribution in [2.75, 3.05) is 0 Å². The van der Waals surface area contributed by atoms with E-state index in [0.29, 0.717) is 62.6 Å². The predicted molar refractivity (Wildman–Crippen MR) is 264 cm³/mol. The average molecular weight is 860 g/mol. The first-order chi connectivity index (χ1) is 33.2. The summed E-state index contributed by atoms with van der Waals surface area (Å²) in [6, 6.07) is 58.5. The number of aromatic nitrogens is 9. The summed E-state index contributed by atoms with van der Waals surface area (Å²) >= 11 is 0. The third kappa shape index (κ3) is 6.79. The van der Waals surface area contributed by atoms with Crippen molar-refractivity contribution in [3.63, 3.8) is 0 Å². The molecule has 0 aliphatic carbocycles. The number of oxazole rings is 1. The van der Waals surface area contributed by atoms with Crippen LogP contribution in [0.5, 0.6) is 0 Å². The Morgan fingerprint density at radius 1 is 0.299 bits per heavy atom. The summed E-state index contributed by atoms with van der Waals surface area (Å²) in [6.07, 6.45) is 7.24. The molecular formula is C57H33N9O. The molecule has 7 heterocycles. The number of hydrogen-bond acceptors (Lipinski definition) is 10. The molecule has 10 heteroatoms. The molecule has 312 valence electrons. The molecule has 0 atom stereocenters. The SMILES string of the molecule is c1cnc2c(-c3cc(-c4cccc5cccnc45)nc(-c4cc(-c5nc(-c6cccc7cccnc67)cc(-c6cccc7cccnc67)n5)cc(-c5nc6ccccc6o5)c4)n3)cccc2c1. The third-order valence-electron chi connectivity index (χ3n) is 12.1. The summed E-state index contributed by atoms with van der Waals surface area (Å²) in [4.78, 5) is 45.7. The summed E-state index contributed by atoms with van der Waals surface area (Å²) in [6.45, 7) is 0. The number of hydrogen-bond donors (Lipinski definition) is 0. The molecule has 0 saturated carbocycles. The highest BCUT2D eigenvalue weighted by atomic mass is 16.3. The van der Waals surface area contributed by atoms with Gasteiger partial charge in [-0.2, -0.15) is 0 Å². The highest BCUT2D eigenvalue weighted by Crippen LogP contribution is 2.39. The van der Waals surface area contributed by atoms with Crippen molar-refractivity contribution < 1.29 is 4.42 Å². The van der Waals surface area contributed by atoms with Crippen molar-refractivity contribution in [2.24, 2.45) is 0 Å². The van der Waals surface area contributed by atoms with Crippen molar-refractivity contribution in [2.45, 2.75) is 0 Å². The van der Waals surface area contributed by atoms with E-state index in [1.165, 1.54) is 0 Å². The second-order valence-electron chi connectivity index (χ2n) is 16.2. The van der Waals surface area contributed by atoms with Crippen LogP contribution in [-0.4, -0.2) is 44.9 Å². The van der Waals surface area contributed by atoms with E-state index in [-0.39, 0.29) is 0 Å². The quantitative estimate of drug-likeness (QED) is 0.153. The molecule has 0 amide bonds. The van der Waals surface area contributed by atoms with E-state index in [1.54, 1.807) is 0 Å². The number of nitrogens with zero attached hydrogens (tertiary/aromatic N) is 9. The Bertz CT molecular complexity index is 3620. The fraction of sp³-hybridized carbons (Fsp3) is 0. The van der Waals surface area contributed by atoms with Crippen LogP contribution in [0, 0.1) is 0 Å². The van der Waals surface area contributed by atoms with Crippen molar-refractivity contribution in [3.05, 3.63) is 201 Å². The number of para-hydroxylation sites is 6. The highest BCUT2D eigenvalue weighted by molar-refractivity contribution is 5.98. The molecule has 13 rings (SSSR count). The van der Waals surface area contributed by atoms with E-state index in [1.807, 2.05) is 128 Å². The first-order valence-electron chi connectivity index (χ1n) is 21.8. The molecule has 7 aromatic heterocycles. The van der Waals surface area contributed by atoms with Gasteiger partial charge in [-0.3, -0.25) is 19.9 Å². The predicted octanol–water partition coefficient (Wildman–Crippen LogP) is 13.3. The third-order valence-corrected chi connectivity index (χ3v) is 12.1. The highest BCUT2D eigenvalue weighted by Gasteiger charge is 2.21. The van der Waals surface area contributed by atoms with Crippen LogP contribution >= 0.6 is 0 Å². The molecule has 10 nitrogen and oxygen atoms in total. The van der Waals surface area contributed by atoms with Crippen LogP contribution in [0.2, 0.25) is 0 Å². The zero-order valence-electron chi connectivity index (χ0n) is 35.5. The Morgan fingerprint density at radius 3 is 1.04 bits per heavy atom. The van der Waals surface area contributed by atoms with Gasteiger partial charge in [0, 0.05) is 85.3 Å². The van der Waals surface area contributed by atoms with Crippen LogP contribution in [0.15, 0.2) is 205 Å².